The highest BCUT2D eigenvalue weighted by Gasteiger charge is 2.59. The monoisotopic (exact) mass is 672 g/mol. The van der Waals surface area contributed by atoms with Crippen molar-refractivity contribution >= 4 is 40.7 Å². The van der Waals surface area contributed by atoms with Crippen LogP contribution >= 0.6 is 22.8 Å². The zero-order valence-electron chi connectivity index (χ0n) is 23.3. The predicted molar refractivity (Wildman–Crippen MR) is 142 cm³/mol. The Kier molecular flexibility index (Phi) is 16.0. The van der Waals surface area contributed by atoms with Crippen LogP contribution in [0.4, 0.5) is 0 Å². The van der Waals surface area contributed by atoms with E-state index in [2.05, 4.69) is 0 Å². The lowest BCUT2D eigenvalue weighted by molar-refractivity contribution is -0.244. The fourth-order valence-electron chi connectivity index (χ4n) is 4.01. The minimum Gasteiger partial charge on any atom is -0.481 e. The maximum atomic E-state index is 12.8. The molecular formula is C21H39O18P3. The summed E-state index contributed by atoms with van der Waals surface area (Å²) in [6.07, 6.45) is -14.2. The van der Waals surface area contributed by atoms with Crippen molar-refractivity contribution in [1.82, 2.24) is 0 Å². The molecule has 6 N–H and O–H groups in total. The number of hydrogen-bond donors (Lipinski definition) is 6. The largest absolute Gasteiger partial charge is 0.481 e. The van der Waals surface area contributed by atoms with Crippen LogP contribution in [0.25, 0.3) is 0 Å². The Morgan fingerprint density at radius 1 is 0.500 bits per heavy atom. The molecule has 9 atom stereocenters. The van der Waals surface area contributed by atoms with Gasteiger partial charge in [-0.1, -0.05) is 20.8 Å². The summed E-state index contributed by atoms with van der Waals surface area (Å²) in [5.74, 6) is -5.34. The molecule has 0 spiro atoms. The van der Waals surface area contributed by atoms with Gasteiger partial charge in [0.25, 0.3) is 0 Å². The van der Waals surface area contributed by atoms with E-state index in [1.807, 2.05) is 0 Å². The fraction of sp³-hybridized carbons (Fsp3) is 0.857. The molecule has 1 saturated carbocycles. The summed E-state index contributed by atoms with van der Waals surface area (Å²) >= 11 is 0. The van der Waals surface area contributed by atoms with E-state index >= 15 is 0 Å². The van der Waals surface area contributed by atoms with Gasteiger partial charge in [-0.2, -0.15) is 0 Å². The van der Waals surface area contributed by atoms with Crippen molar-refractivity contribution < 1.29 is 85.9 Å². The van der Waals surface area contributed by atoms with Gasteiger partial charge in [0, 0.05) is 19.8 Å². The summed E-state index contributed by atoms with van der Waals surface area (Å²) in [5, 5.41) is 27.3. The van der Waals surface area contributed by atoms with Gasteiger partial charge in [-0.25, -0.2) is 0 Å². The summed E-state index contributed by atoms with van der Waals surface area (Å²) in [6.45, 7) is 4.94. The molecule has 1 aliphatic rings. The van der Waals surface area contributed by atoms with E-state index in [9.17, 15) is 42.8 Å². The molecule has 0 amide bonds. The topological polar surface area (TPSA) is 279 Å². The number of aliphatic carboxylic acids is 3. The molecule has 0 heterocycles. The van der Waals surface area contributed by atoms with Crippen LogP contribution < -0.4 is 0 Å². The van der Waals surface area contributed by atoms with Crippen LogP contribution in [-0.4, -0.2) is 123 Å². The Balaban J connectivity index is 3.96. The third kappa shape index (κ3) is 13.2. The number of carboxylic acids is 3. The van der Waals surface area contributed by atoms with Gasteiger partial charge in [-0.15, -0.1) is 0 Å². The Morgan fingerprint density at radius 3 is 0.929 bits per heavy atom. The summed E-state index contributed by atoms with van der Waals surface area (Å²) in [6, 6.07) is 0. The van der Waals surface area contributed by atoms with Gasteiger partial charge in [0.15, 0.2) is 0 Å². The molecule has 0 aromatic heterocycles. The molecule has 21 heteroatoms. The van der Waals surface area contributed by atoms with Crippen LogP contribution in [0.1, 0.15) is 40.0 Å². The standard InChI is InChI=1S/C21H39O18P3/c1-4-7-34-16-17(35-8-5-2)19(37-40(28,29)10-13(22)23)21(39-42(32,33)12-15(26)27)20(18(16)36-9-6-3)38-41(30,31)11-14(24)25/h16-21H,4-12H2,1-3H3,(H,22,23)(H,24,25)(H,26,27)(H,28,29)(H,30,31)(H,32,33)/t16-,17-,18+,19-,20-,21-/m0/s1. The van der Waals surface area contributed by atoms with Crippen LogP contribution in [0.5, 0.6) is 0 Å². The fourth-order valence-corrected chi connectivity index (χ4v) is 7.12. The van der Waals surface area contributed by atoms with E-state index in [0.717, 1.165) is 0 Å². The summed E-state index contributed by atoms with van der Waals surface area (Å²) in [7, 11) is -15.5. The highest BCUT2D eigenvalue weighted by molar-refractivity contribution is 7.54. The zero-order valence-corrected chi connectivity index (χ0v) is 25.9. The highest BCUT2D eigenvalue weighted by Crippen LogP contribution is 2.54. The normalized spacial score (nSPS) is 28.7. The van der Waals surface area contributed by atoms with E-state index in [4.69, 9.17) is 43.1 Å². The minimum atomic E-state index is -5.21. The van der Waals surface area contributed by atoms with E-state index in [1.165, 1.54) is 0 Å². The van der Waals surface area contributed by atoms with E-state index < -0.39 is 95.8 Å². The molecule has 18 nitrogen and oxygen atoms in total. The summed E-state index contributed by atoms with van der Waals surface area (Å²) < 4.78 is 71.7. The van der Waals surface area contributed by atoms with Gasteiger partial charge >= 0.3 is 40.7 Å². The van der Waals surface area contributed by atoms with Crippen molar-refractivity contribution in [2.24, 2.45) is 0 Å². The molecule has 1 fully saturated rings. The Morgan fingerprint density at radius 2 is 0.714 bits per heavy atom. The molecule has 3 unspecified atom stereocenters. The first kappa shape index (κ1) is 38.8. The molecule has 246 valence electrons. The smallest absolute Gasteiger partial charge is 0.339 e. The predicted octanol–water partition coefficient (Wildman–Crippen LogP) is 1.35. The molecule has 0 radical (unpaired) electrons. The van der Waals surface area contributed by atoms with Crippen LogP contribution in [0.15, 0.2) is 0 Å². The molecule has 0 aromatic rings. The molecular weight excluding hydrogens is 633 g/mol. The number of hydrogen-bond acceptors (Lipinski definition) is 12. The quantitative estimate of drug-likeness (QED) is 0.0938. The number of carboxylic acid groups (broad SMARTS) is 3. The average Bonchev–Trinajstić information content (AvgIpc) is 2.80. The Labute approximate surface area is 241 Å². The number of carbonyl (C=O) groups is 3. The molecule has 1 rings (SSSR count). The molecule has 0 saturated heterocycles. The lowest BCUT2D eigenvalue weighted by atomic mass is 9.84. The second-order valence-electron chi connectivity index (χ2n) is 9.28. The second kappa shape index (κ2) is 17.3. The van der Waals surface area contributed by atoms with Crippen LogP contribution in [0.3, 0.4) is 0 Å². The van der Waals surface area contributed by atoms with Gasteiger partial charge < -0.3 is 44.2 Å². The zero-order chi connectivity index (χ0) is 32.3. The van der Waals surface area contributed by atoms with Gasteiger partial charge in [-0.3, -0.25) is 41.6 Å². The first-order valence-corrected chi connectivity index (χ1v) is 18.2. The molecule has 42 heavy (non-hydrogen) atoms. The van der Waals surface area contributed by atoms with Crippen molar-refractivity contribution in [2.45, 2.75) is 76.7 Å². The van der Waals surface area contributed by atoms with E-state index in [0.29, 0.717) is 19.3 Å². The van der Waals surface area contributed by atoms with Crippen molar-refractivity contribution in [3.8, 4) is 0 Å². The van der Waals surface area contributed by atoms with Crippen molar-refractivity contribution in [1.29, 1.82) is 0 Å². The Hall–Kier alpha value is -1.26. The SMILES string of the molecule is CCCO[C@@H]1[C@@H](OCCC)[C@H](OP(=O)(O)CC(=O)O)[C@@H](OP(=O)(O)CC(=O)O)[C@@H](OP(=O)(O)CC(=O)O)[C@H]1OCCC. The average molecular weight is 672 g/mol. The first-order valence-electron chi connectivity index (χ1n) is 12.9. The van der Waals surface area contributed by atoms with E-state index in [-0.39, 0.29) is 19.8 Å². The maximum Gasteiger partial charge on any atom is 0.339 e. The van der Waals surface area contributed by atoms with Crippen molar-refractivity contribution in [2.75, 3.05) is 38.3 Å². The van der Waals surface area contributed by atoms with Gasteiger partial charge in [-0.05, 0) is 19.3 Å². The van der Waals surface area contributed by atoms with Gasteiger partial charge in [0.05, 0.1) is 0 Å². The Bertz CT molecular complexity index is 993. The lowest BCUT2D eigenvalue weighted by Gasteiger charge is -2.49. The number of rotatable bonds is 21. The molecule has 0 aliphatic heterocycles. The maximum absolute atomic E-state index is 12.8. The molecule has 0 aromatic carbocycles. The molecule has 0 bridgehead atoms. The van der Waals surface area contributed by atoms with Crippen molar-refractivity contribution in [3.63, 3.8) is 0 Å². The first-order chi connectivity index (χ1) is 19.4. The highest BCUT2D eigenvalue weighted by atomic mass is 31.2. The minimum absolute atomic E-state index is 0.0110. The van der Waals surface area contributed by atoms with E-state index in [1.54, 1.807) is 20.8 Å². The molecule has 1 aliphatic carbocycles. The van der Waals surface area contributed by atoms with Gasteiger partial charge in [0.2, 0.25) is 0 Å². The van der Waals surface area contributed by atoms with Crippen LogP contribution in [0.2, 0.25) is 0 Å². The van der Waals surface area contributed by atoms with Crippen LogP contribution in [-0.2, 0) is 55.9 Å². The lowest BCUT2D eigenvalue weighted by Crippen LogP contribution is -2.67. The van der Waals surface area contributed by atoms with Crippen molar-refractivity contribution in [3.05, 3.63) is 0 Å². The third-order valence-corrected chi connectivity index (χ3v) is 9.08. The van der Waals surface area contributed by atoms with Gasteiger partial charge in [0.1, 0.15) is 55.1 Å². The van der Waals surface area contributed by atoms with Crippen LogP contribution in [0, 0.1) is 0 Å². The second-order valence-corrected chi connectivity index (χ2v) is 14.7. The summed E-state index contributed by atoms with van der Waals surface area (Å²) in [4.78, 5) is 64.9. The third-order valence-electron chi connectivity index (χ3n) is 5.35. The number of ether oxygens (including phenoxy) is 3. The summed E-state index contributed by atoms with van der Waals surface area (Å²) in [5.41, 5.74) is 0.